The van der Waals surface area contributed by atoms with Gasteiger partial charge in [-0.05, 0) is 30.4 Å². The molecule has 0 saturated carbocycles. The molecule has 4 heteroatoms. The molecule has 0 aliphatic carbocycles. The van der Waals surface area contributed by atoms with E-state index in [4.69, 9.17) is 5.73 Å². The minimum Gasteiger partial charge on any atom is -0.350 e. The van der Waals surface area contributed by atoms with Gasteiger partial charge in [0.05, 0.1) is 0 Å². The molecule has 96 valence electrons. The van der Waals surface area contributed by atoms with E-state index >= 15 is 0 Å². The maximum atomic E-state index is 5.99. The van der Waals surface area contributed by atoms with Crippen LogP contribution in [0.4, 0.5) is 0 Å². The molecule has 0 radical (unpaired) electrons. The van der Waals surface area contributed by atoms with E-state index in [1.807, 2.05) is 0 Å². The summed E-state index contributed by atoms with van der Waals surface area (Å²) in [5.74, 6) is 0. The Bertz CT molecular complexity index is 325. The van der Waals surface area contributed by atoms with Gasteiger partial charge in [-0.2, -0.15) is 0 Å². The Balaban J connectivity index is 1.96. The molecule has 0 spiro atoms. The second-order valence-corrected chi connectivity index (χ2v) is 5.78. The van der Waals surface area contributed by atoms with Crippen molar-refractivity contribution in [3.63, 3.8) is 0 Å². The van der Waals surface area contributed by atoms with Crippen LogP contribution in [0.2, 0.25) is 0 Å². The number of unbranched alkanes of at least 4 members (excludes halogenated alkanes) is 1. The summed E-state index contributed by atoms with van der Waals surface area (Å²) in [5, 5.41) is 2.21. The number of rotatable bonds is 4. The lowest BCUT2D eigenvalue weighted by Crippen LogP contribution is -2.36. The molecule has 2 aliphatic heterocycles. The fourth-order valence-corrected chi connectivity index (χ4v) is 3.19. The largest absolute Gasteiger partial charge is 0.350 e. The lowest BCUT2D eigenvalue weighted by Gasteiger charge is -2.30. The molecule has 1 unspecified atom stereocenters. The van der Waals surface area contributed by atoms with E-state index < -0.39 is 0 Å². The van der Waals surface area contributed by atoms with Crippen molar-refractivity contribution >= 4 is 11.8 Å². The molecule has 2 heterocycles. The highest BCUT2D eigenvalue weighted by Gasteiger charge is 2.24. The Morgan fingerprint density at radius 1 is 1.53 bits per heavy atom. The summed E-state index contributed by atoms with van der Waals surface area (Å²) < 4.78 is 0. The van der Waals surface area contributed by atoms with Gasteiger partial charge in [-0.3, -0.25) is 4.90 Å². The summed E-state index contributed by atoms with van der Waals surface area (Å²) in [6.45, 7) is 5.77. The van der Waals surface area contributed by atoms with Gasteiger partial charge in [-0.25, -0.2) is 0 Å². The molecule has 2 rings (SSSR count). The van der Waals surface area contributed by atoms with Crippen molar-refractivity contribution in [3.8, 4) is 0 Å². The average molecular weight is 253 g/mol. The van der Waals surface area contributed by atoms with Crippen LogP contribution in [0.1, 0.15) is 26.2 Å². The Hall–Kier alpha value is -0.450. The Morgan fingerprint density at radius 2 is 2.35 bits per heavy atom. The van der Waals surface area contributed by atoms with Gasteiger partial charge in [0.1, 0.15) is 5.50 Å². The van der Waals surface area contributed by atoms with Crippen LogP contribution in [0.15, 0.2) is 22.8 Å². The van der Waals surface area contributed by atoms with Gasteiger partial charge in [-0.15, -0.1) is 0 Å². The monoisotopic (exact) mass is 253 g/mol. The van der Waals surface area contributed by atoms with E-state index in [0.29, 0.717) is 0 Å². The summed E-state index contributed by atoms with van der Waals surface area (Å²) in [5.41, 5.74) is 8.86. The second kappa shape index (κ2) is 5.94. The summed E-state index contributed by atoms with van der Waals surface area (Å²) >= 11 is 1.71. The highest BCUT2D eigenvalue weighted by Crippen LogP contribution is 2.32. The molecule has 0 bridgehead atoms. The molecule has 0 amide bonds. The van der Waals surface area contributed by atoms with Gasteiger partial charge in [0, 0.05) is 25.8 Å². The molecule has 0 fully saturated rings. The molecule has 0 aromatic carbocycles. The number of likely N-dealkylation sites (N-methyl/N-ethyl adjacent to an activating group) is 1. The lowest BCUT2D eigenvalue weighted by molar-refractivity contribution is 0.280. The van der Waals surface area contributed by atoms with E-state index in [2.05, 4.69) is 35.3 Å². The first-order valence-corrected chi connectivity index (χ1v) is 7.42. The normalized spacial score (nSPS) is 26.1. The Labute approximate surface area is 109 Å². The first-order chi connectivity index (χ1) is 8.22. The molecule has 2 aliphatic rings. The maximum absolute atomic E-state index is 5.99. The quantitative estimate of drug-likeness (QED) is 0.832. The molecule has 0 aromatic heterocycles. The standard InChI is InChI=1S/C13H23N3S/c1-3-4-7-16-8-5-6-11(9-16)12-10-17-13(14)15(12)2/h6,10,13H,3-5,7-9,14H2,1-2H3. The highest BCUT2D eigenvalue weighted by molar-refractivity contribution is 8.02. The second-order valence-electron chi connectivity index (χ2n) is 4.79. The van der Waals surface area contributed by atoms with Crippen molar-refractivity contribution in [2.75, 3.05) is 26.7 Å². The molecule has 2 N–H and O–H groups in total. The number of hydrogen-bond donors (Lipinski definition) is 1. The third-order valence-electron chi connectivity index (χ3n) is 3.47. The van der Waals surface area contributed by atoms with Crippen molar-refractivity contribution in [2.45, 2.75) is 31.7 Å². The minimum absolute atomic E-state index is 0.0944. The van der Waals surface area contributed by atoms with E-state index in [1.54, 1.807) is 11.8 Å². The van der Waals surface area contributed by atoms with E-state index in [9.17, 15) is 0 Å². The van der Waals surface area contributed by atoms with Gasteiger partial charge in [-0.1, -0.05) is 31.2 Å². The minimum atomic E-state index is 0.0944. The smallest absolute Gasteiger partial charge is 0.129 e. The zero-order chi connectivity index (χ0) is 12.3. The molecular weight excluding hydrogens is 230 g/mol. The maximum Gasteiger partial charge on any atom is 0.129 e. The number of nitrogens with two attached hydrogens (primary N) is 1. The van der Waals surface area contributed by atoms with Gasteiger partial charge in [0.2, 0.25) is 0 Å². The SMILES string of the molecule is CCCCN1CCC=C(C2=CSC(N)N2C)C1. The van der Waals surface area contributed by atoms with Gasteiger partial charge in [0.25, 0.3) is 0 Å². The van der Waals surface area contributed by atoms with Crippen molar-refractivity contribution in [1.29, 1.82) is 0 Å². The van der Waals surface area contributed by atoms with Crippen LogP contribution in [0.3, 0.4) is 0 Å². The average Bonchev–Trinajstić information content (AvgIpc) is 2.68. The van der Waals surface area contributed by atoms with E-state index in [-0.39, 0.29) is 5.50 Å². The predicted octanol–water partition coefficient (Wildman–Crippen LogP) is 2.18. The van der Waals surface area contributed by atoms with Crippen molar-refractivity contribution < 1.29 is 0 Å². The Kier molecular flexibility index (Phi) is 4.54. The molecule has 1 atom stereocenters. The topological polar surface area (TPSA) is 32.5 Å². The molecule has 3 nitrogen and oxygen atoms in total. The van der Waals surface area contributed by atoms with Gasteiger partial charge in [0.15, 0.2) is 0 Å². The first kappa shape index (κ1) is 13.0. The van der Waals surface area contributed by atoms with Crippen LogP contribution in [0.5, 0.6) is 0 Å². The predicted molar refractivity (Wildman–Crippen MR) is 75.5 cm³/mol. The molecular formula is C13H23N3S. The van der Waals surface area contributed by atoms with Gasteiger partial charge < -0.3 is 10.6 Å². The van der Waals surface area contributed by atoms with Crippen molar-refractivity contribution in [1.82, 2.24) is 9.80 Å². The van der Waals surface area contributed by atoms with E-state index in [1.165, 1.54) is 43.6 Å². The third-order valence-corrected chi connectivity index (χ3v) is 4.42. The molecule has 0 saturated heterocycles. The van der Waals surface area contributed by atoms with Crippen molar-refractivity contribution in [3.05, 3.63) is 22.8 Å². The van der Waals surface area contributed by atoms with Crippen LogP contribution in [0, 0.1) is 0 Å². The number of thioether (sulfide) groups is 1. The highest BCUT2D eigenvalue weighted by atomic mass is 32.2. The lowest BCUT2D eigenvalue weighted by atomic mass is 10.1. The van der Waals surface area contributed by atoms with Crippen LogP contribution in [-0.4, -0.2) is 42.0 Å². The zero-order valence-corrected chi connectivity index (χ0v) is 11.7. The molecule has 17 heavy (non-hydrogen) atoms. The number of nitrogens with zero attached hydrogens (tertiary/aromatic N) is 2. The molecule has 0 aromatic rings. The summed E-state index contributed by atoms with van der Waals surface area (Å²) in [7, 11) is 2.09. The van der Waals surface area contributed by atoms with Crippen LogP contribution < -0.4 is 5.73 Å². The summed E-state index contributed by atoms with van der Waals surface area (Å²) in [6.07, 6.45) is 6.13. The third kappa shape index (κ3) is 3.06. The fourth-order valence-electron chi connectivity index (χ4n) is 2.31. The summed E-state index contributed by atoms with van der Waals surface area (Å²) in [4.78, 5) is 4.74. The van der Waals surface area contributed by atoms with Crippen LogP contribution in [0.25, 0.3) is 0 Å². The summed E-state index contributed by atoms with van der Waals surface area (Å²) in [6, 6.07) is 0. The van der Waals surface area contributed by atoms with Crippen molar-refractivity contribution in [2.24, 2.45) is 5.73 Å². The zero-order valence-electron chi connectivity index (χ0n) is 10.9. The fraction of sp³-hybridized carbons (Fsp3) is 0.692. The van der Waals surface area contributed by atoms with Crippen LogP contribution in [-0.2, 0) is 0 Å². The number of hydrogen-bond acceptors (Lipinski definition) is 4. The van der Waals surface area contributed by atoms with E-state index in [0.717, 1.165) is 6.54 Å². The van der Waals surface area contributed by atoms with Gasteiger partial charge >= 0.3 is 0 Å². The first-order valence-electron chi connectivity index (χ1n) is 6.48. The Morgan fingerprint density at radius 3 is 3.00 bits per heavy atom. The van der Waals surface area contributed by atoms with Crippen LogP contribution >= 0.6 is 11.8 Å².